The molecular formula is C20H32N2. The van der Waals surface area contributed by atoms with Gasteiger partial charge in [0.25, 0.3) is 0 Å². The Bertz CT molecular complexity index is 447. The van der Waals surface area contributed by atoms with Crippen LogP contribution in [0, 0.1) is 18.8 Å². The minimum atomic E-state index is 0.368. The zero-order valence-corrected chi connectivity index (χ0v) is 14.1. The number of aryl methyl sites for hydroxylation is 1. The molecule has 1 aliphatic carbocycles. The van der Waals surface area contributed by atoms with Crippen molar-refractivity contribution < 1.29 is 0 Å². The van der Waals surface area contributed by atoms with Crippen LogP contribution in [0.15, 0.2) is 24.3 Å². The van der Waals surface area contributed by atoms with E-state index in [1.165, 1.54) is 69.2 Å². The fraction of sp³-hybridized carbons (Fsp3) is 0.700. The Kier molecular flexibility index (Phi) is 5.54. The fourth-order valence-electron chi connectivity index (χ4n) is 4.44. The van der Waals surface area contributed by atoms with E-state index in [0.717, 1.165) is 18.4 Å². The Labute approximate surface area is 136 Å². The van der Waals surface area contributed by atoms with Crippen molar-refractivity contribution in [3.63, 3.8) is 0 Å². The van der Waals surface area contributed by atoms with E-state index in [9.17, 15) is 0 Å². The lowest BCUT2D eigenvalue weighted by molar-refractivity contribution is 0.124. The lowest BCUT2D eigenvalue weighted by Gasteiger charge is -2.39. The molecule has 0 amide bonds. The van der Waals surface area contributed by atoms with E-state index in [2.05, 4.69) is 36.1 Å². The standard InChI is InChI=1S/C20H32N2/c1-16-7-9-17(10-8-16)11-19-12-20(21)15-22(14-19)13-18-5-3-2-4-6-18/h7-10,18-20H,2-6,11-15,21H2,1H3. The van der Waals surface area contributed by atoms with Crippen LogP contribution < -0.4 is 5.73 Å². The molecule has 2 fully saturated rings. The van der Waals surface area contributed by atoms with E-state index >= 15 is 0 Å². The topological polar surface area (TPSA) is 29.3 Å². The summed E-state index contributed by atoms with van der Waals surface area (Å²) >= 11 is 0. The van der Waals surface area contributed by atoms with Crippen molar-refractivity contribution in [3.05, 3.63) is 35.4 Å². The van der Waals surface area contributed by atoms with Crippen LogP contribution in [0.2, 0.25) is 0 Å². The molecule has 2 nitrogen and oxygen atoms in total. The molecule has 1 aromatic rings. The first-order chi connectivity index (χ1) is 10.7. The molecule has 0 bridgehead atoms. The Morgan fingerprint density at radius 2 is 1.73 bits per heavy atom. The highest BCUT2D eigenvalue weighted by molar-refractivity contribution is 5.21. The minimum Gasteiger partial charge on any atom is -0.327 e. The number of hydrogen-bond acceptors (Lipinski definition) is 2. The molecule has 122 valence electrons. The summed E-state index contributed by atoms with van der Waals surface area (Å²) in [5.41, 5.74) is 9.18. The molecule has 2 unspecified atom stereocenters. The largest absolute Gasteiger partial charge is 0.327 e. The molecule has 1 aromatic carbocycles. The molecule has 1 saturated carbocycles. The molecular weight excluding hydrogens is 268 g/mol. The second-order valence-corrected chi connectivity index (χ2v) is 7.77. The van der Waals surface area contributed by atoms with Crippen LogP contribution in [0.25, 0.3) is 0 Å². The molecule has 3 rings (SSSR count). The van der Waals surface area contributed by atoms with Gasteiger partial charge in [0.05, 0.1) is 0 Å². The van der Waals surface area contributed by atoms with Crippen molar-refractivity contribution in [2.45, 2.75) is 57.9 Å². The van der Waals surface area contributed by atoms with Gasteiger partial charge in [-0.05, 0) is 50.0 Å². The average molecular weight is 300 g/mol. The highest BCUT2D eigenvalue weighted by Gasteiger charge is 2.27. The molecule has 2 atom stereocenters. The normalized spacial score (nSPS) is 27.9. The summed E-state index contributed by atoms with van der Waals surface area (Å²) in [5.74, 6) is 1.66. The molecule has 22 heavy (non-hydrogen) atoms. The quantitative estimate of drug-likeness (QED) is 0.917. The van der Waals surface area contributed by atoms with Gasteiger partial charge in [-0.15, -0.1) is 0 Å². The van der Waals surface area contributed by atoms with Gasteiger partial charge in [-0.2, -0.15) is 0 Å². The minimum absolute atomic E-state index is 0.368. The van der Waals surface area contributed by atoms with Crippen molar-refractivity contribution in [3.8, 4) is 0 Å². The predicted octanol–water partition coefficient (Wildman–Crippen LogP) is 3.77. The molecule has 0 spiro atoms. The van der Waals surface area contributed by atoms with E-state index in [0.29, 0.717) is 6.04 Å². The van der Waals surface area contributed by atoms with Crippen molar-refractivity contribution >= 4 is 0 Å². The van der Waals surface area contributed by atoms with Gasteiger partial charge in [0.1, 0.15) is 0 Å². The molecule has 1 aliphatic heterocycles. The van der Waals surface area contributed by atoms with Crippen molar-refractivity contribution in [1.82, 2.24) is 4.90 Å². The van der Waals surface area contributed by atoms with Gasteiger partial charge >= 0.3 is 0 Å². The zero-order chi connectivity index (χ0) is 15.4. The predicted molar refractivity (Wildman–Crippen MR) is 94.0 cm³/mol. The average Bonchev–Trinajstić information content (AvgIpc) is 2.50. The first-order valence-electron chi connectivity index (χ1n) is 9.22. The van der Waals surface area contributed by atoms with Gasteiger partial charge < -0.3 is 10.6 Å². The number of piperidine rings is 1. The SMILES string of the molecule is Cc1ccc(CC2CC(N)CN(CC3CCCCC3)C2)cc1. The maximum absolute atomic E-state index is 6.36. The summed E-state index contributed by atoms with van der Waals surface area (Å²) in [6.45, 7) is 5.81. The summed E-state index contributed by atoms with van der Waals surface area (Å²) in [5, 5.41) is 0. The Balaban J connectivity index is 1.54. The second kappa shape index (κ2) is 7.61. The monoisotopic (exact) mass is 300 g/mol. The maximum Gasteiger partial charge on any atom is 0.0171 e. The van der Waals surface area contributed by atoms with Crippen molar-refractivity contribution in [1.29, 1.82) is 0 Å². The van der Waals surface area contributed by atoms with E-state index in [-0.39, 0.29) is 0 Å². The Morgan fingerprint density at radius 3 is 2.45 bits per heavy atom. The number of benzene rings is 1. The number of nitrogens with two attached hydrogens (primary N) is 1. The number of nitrogens with zero attached hydrogens (tertiary/aromatic N) is 1. The summed E-state index contributed by atoms with van der Waals surface area (Å²) in [4.78, 5) is 2.67. The Hall–Kier alpha value is -0.860. The molecule has 1 saturated heterocycles. The van der Waals surface area contributed by atoms with E-state index < -0.39 is 0 Å². The third-order valence-corrected chi connectivity index (χ3v) is 5.53. The smallest absolute Gasteiger partial charge is 0.0171 e. The molecule has 1 heterocycles. The van der Waals surface area contributed by atoms with Gasteiger partial charge in [-0.25, -0.2) is 0 Å². The molecule has 0 radical (unpaired) electrons. The van der Waals surface area contributed by atoms with Gasteiger partial charge in [0.2, 0.25) is 0 Å². The number of hydrogen-bond donors (Lipinski definition) is 1. The van der Waals surface area contributed by atoms with Crippen LogP contribution in [-0.4, -0.2) is 30.6 Å². The molecule has 2 N–H and O–H groups in total. The lowest BCUT2D eigenvalue weighted by atomic mass is 9.86. The zero-order valence-electron chi connectivity index (χ0n) is 14.1. The van der Waals surface area contributed by atoms with Crippen LogP contribution in [-0.2, 0) is 6.42 Å². The van der Waals surface area contributed by atoms with Crippen LogP contribution >= 0.6 is 0 Å². The van der Waals surface area contributed by atoms with Gasteiger partial charge in [0.15, 0.2) is 0 Å². The third kappa shape index (κ3) is 4.57. The Morgan fingerprint density at radius 1 is 1.00 bits per heavy atom. The second-order valence-electron chi connectivity index (χ2n) is 7.77. The molecule has 2 heteroatoms. The van der Waals surface area contributed by atoms with E-state index in [1.807, 2.05) is 0 Å². The van der Waals surface area contributed by atoms with Crippen LogP contribution in [0.1, 0.15) is 49.7 Å². The van der Waals surface area contributed by atoms with Gasteiger partial charge in [0, 0.05) is 25.7 Å². The van der Waals surface area contributed by atoms with Crippen LogP contribution in [0.3, 0.4) is 0 Å². The van der Waals surface area contributed by atoms with Crippen molar-refractivity contribution in [2.75, 3.05) is 19.6 Å². The van der Waals surface area contributed by atoms with E-state index in [1.54, 1.807) is 0 Å². The first kappa shape index (κ1) is 16.0. The maximum atomic E-state index is 6.36. The summed E-state index contributed by atoms with van der Waals surface area (Å²) < 4.78 is 0. The highest BCUT2D eigenvalue weighted by Crippen LogP contribution is 2.27. The summed E-state index contributed by atoms with van der Waals surface area (Å²) in [6, 6.07) is 9.42. The van der Waals surface area contributed by atoms with Gasteiger partial charge in [-0.3, -0.25) is 0 Å². The lowest BCUT2D eigenvalue weighted by Crippen LogP contribution is -2.49. The summed E-state index contributed by atoms with van der Waals surface area (Å²) in [6.07, 6.45) is 9.59. The highest BCUT2D eigenvalue weighted by atomic mass is 15.2. The van der Waals surface area contributed by atoms with Crippen molar-refractivity contribution in [2.24, 2.45) is 17.6 Å². The first-order valence-corrected chi connectivity index (χ1v) is 9.22. The summed E-state index contributed by atoms with van der Waals surface area (Å²) in [7, 11) is 0. The molecule has 0 aromatic heterocycles. The molecule has 2 aliphatic rings. The fourth-order valence-corrected chi connectivity index (χ4v) is 4.44. The van der Waals surface area contributed by atoms with E-state index in [4.69, 9.17) is 5.73 Å². The number of rotatable bonds is 4. The van der Waals surface area contributed by atoms with Gasteiger partial charge in [-0.1, -0.05) is 49.1 Å². The van der Waals surface area contributed by atoms with Crippen LogP contribution in [0.4, 0.5) is 0 Å². The third-order valence-electron chi connectivity index (χ3n) is 5.53. The number of likely N-dealkylation sites (tertiary alicyclic amines) is 1. The van der Waals surface area contributed by atoms with Crippen LogP contribution in [0.5, 0.6) is 0 Å².